The molecule has 2 aromatic carbocycles. The minimum atomic E-state index is -4.83. The van der Waals surface area contributed by atoms with Crippen LogP contribution in [0.1, 0.15) is 5.56 Å². The summed E-state index contributed by atoms with van der Waals surface area (Å²) in [7, 11) is 0. The molecule has 0 aromatic heterocycles. The highest BCUT2D eigenvalue weighted by Crippen LogP contribution is 2.43. The van der Waals surface area contributed by atoms with Crippen LogP contribution in [0.4, 0.5) is 17.6 Å². The van der Waals surface area contributed by atoms with Crippen LogP contribution in [0.15, 0.2) is 36.4 Å². The van der Waals surface area contributed by atoms with E-state index in [0.717, 1.165) is 12.1 Å². The highest BCUT2D eigenvalue weighted by atomic mass is 35.5. The molecule has 0 N–H and O–H groups in total. The van der Waals surface area contributed by atoms with Crippen LogP contribution >= 0.6 is 23.2 Å². The number of benzene rings is 2. The van der Waals surface area contributed by atoms with E-state index in [-0.39, 0.29) is 21.2 Å². The van der Waals surface area contributed by atoms with Crippen molar-refractivity contribution in [3.63, 3.8) is 0 Å². The van der Waals surface area contributed by atoms with Crippen LogP contribution in [0.25, 0.3) is 11.1 Å². The first-order chi connectivity index (χ1) is 8.82. The highest BCUT2D eigenvalue weighted by molar-refractivity contribution is 6.39. The minimum Gasteiger partial charge on any atom is -0.206 e. The van der Waals surface area contributed by atoms with Crippen LogP contribution in [0.2, 0.25) is 10.0 Å². The Kier molecular flexibility index (Phi) is 3.74. The molecule has 0 aliphatic rings. The van der Waals surface area contributed by atoms with E-state index in [1.165, 1.54) is 24.3 Å². The number of hydrogen-bond acceptors (Lipinski definition) is 0. The minimum absolute atomic E-state index is 0.0299. The lowest BCUT2D eigenvalue weighted by atomic mass is 9.98. The van der Waals surface area contributed by atoms with Crippen LogP contribution in [-0.4, -0.2) is 0 Å². The van der Waals surface area contributed by atoms with E-state index in [0.29, 0.717) is 0 Å². The summed E-state index contributed by atoms with van der Waals surface area (Å²) in [6.07, 6.45) is -4.83. The first-order valence-electron chi connectivity index (χ1n) is 5.12. The predicted molar refractivity (Wildman–Crippen MR) is 66.9 cm³/mol. The molecule has 0 bridgehead atoms. The maximum absolute atomic E-state index is 13.5. The zero-order valence-electron chi connectivity index (χ0n) is 9.23. The molecule has 0 saturated carbocycles. The van der Waals surface area contributed by atoms with Crippen molar-refractivity contribution in [1.82, 2.24) is 0 Å². The SMILES string of the molecule is Fc1cccc(-c2c(Cl)cccc2Cl)c1C(F)(F)F. The molecule has 0 heterocycles. The van der Waals surface area contributed by atoms with E-state index in [4.69, 9.17) is 23.2 Å². The summed E-state index contributed by atoms with van der Waals surface area (Å²) < 4.78 is 52.3. The van der Waals surface area contributed by atoms with Crippen LogP contribution in [0, 0.1) is 5.82 Å². The van der Waals surface area contributed by atoms with E-state index in [2.05, 4.69) is 0 Å². The fourth-order valence-corrected chi connectivity index (χ4v) is 2.38. The molecular formula is C13H6Cl2F4. The van der Waals surface area contributed by atoms with Gasteiger partial charge in [-0.05, 0) is 23.8 Å². The van der Waals surface area contributed by atoms with E-state index in [1.807, 2.05) is 0 Å². The first kappa shape index (κ1) is 14.2. The van der Waals surface area contributed by atoms with Gasteiger partial charge in [0, 0.05) is 15.6 Å². The van der Waals surface area contributed by atoms with E-state index < -0.39 is 17.6 Å². The van der Waals surface area contributed by atoms with Gasteiger partial charge < -0.3 is 0 Å². The molecule has 0 spiro atoms. The molecule has 0 nitrogen and oxygen atoms in total. The zero-order chi connectivity index (χ0) is 14.2. The quantitative estimate of drug-likeness (QED) is 0.582. The van der Waals surface area contributed by atoms with Gasteiger partial charge in [0.2, 0.25) is 0 Å². The van der Waals surface area contributed by atoms with Crippen molar-refractivity contribution in [1.29, 1.82) is 0 Å². The summed E-state index contributed by atoms with van der Waals surface area (Å²) in [6, 6.07) is 7.36. The van der Waals surface area contributed by atoms with Crippen LogP contribution in [-0.2, 0) is 6.18 Å². The lowest BCUT2D eigenvalue weighted by Gasteiger charge is -2.15. The molecule has 0 aliphatic heterocycles. The van der Waals surface area contributed by atoms with Gasteiger partial charge >= 0.3 is 6.18 Å². The Balaban J connectivity index is 2.81. The summed E-state index contributed by atoms with van der Waals surface area (Å²) in [5, 5.41) is 0.0622. The van der Waals surface area contributed by atoms with Crippen LogP contribution < -0.4 is 0 Å². The average molecular weight is 309 g/mol. The van der Waals surface area contributed by atoms with Gasteiger partial charge in [-0.15, -0.1) is 0 Å². The molecule has 2 aromatic rings. The third-order valence-electron chi connectivity index (χ3n) is 2.53. The first-order valence-corrected chi connectivity index (χ1v) is 5.88. The van der Waals surface area contributed by atoms with Gasteiger partial charge in [-0.3, -0.25) is 0 Å². The topological polar surface area (TPSA) is 0 Å². The van der Waals surface area contributed by atoms with E-state index in [1.54, 1.807) is 0 Å². The summed E-state index contributed by atoms with van der Waals surface area (Å²) in [6.45, 7) is 0. The molecular weight excluding hydrogens is 303 g/mol. The summed E-state index contributed by atoms with van der Waals surface area (Å²) in [4.78, 5) is 0. The molecule has 0 saturated heterocycles. The number of halogens is 6. The van der Waals surface area contributed by atoms with Crippen molar-refractivity contribution in [2.24, 2.45) is 0 Å². The van der Waals surface area contributed by atoms with Gasteiger partial charge in [-0.2, -0.15) is 13.2 Å². The van der Waals surface area contributed by atoms with Crippen molar-refractivity contribution in [2.45, 2.75) is 6.18 Å². The molecule has 0 radical (unpaired) electrons. The Morgan fingerprint density at radius 2 is 1.37 bits per heavy atom. The standard InChI is InChI=1S/C13H6Cl2F4/c14-8-4-2-5-9(15)11(8)7-3-1-6-10(16)12(7)13(17,18)19/h1-6H. The van der Waals surface area contributed by atoms with Gasteiger partial charge in [0.05, 0.1) is 5.56 Å². The van der Waals surface area contributed by atoms with E-state index in [9.17, 15) is 17.6 Å². The van der Waals surface area contributed by atoms with Gasteiger partial charge in [0.25, 0.3) is 0 Å². The summed E-state index contributed by atoms with van der Waals surface area (Å²) in [5.41, 5.74) is -1.77. The molecule has 0 unspecified atom stereocenters. The van der Waals surface area contributed by atoms with Crippen molar-refractivity contribution in [2.75, 3.05) is 0 Å². The van der Waals surface area contributed by atoms with Crippen molar-refractivity contribution >= 4 is 23.2 Å². The Hall–Kier alpha value is -1.26. The van der Waals surface area contributed by atoms with E-state index >= 15 is 0 Å². The molecule has 0 atom stereocenters. The van der Waals surface area contributed by atoms with Crippen molar-refractivity contribution < 1.29 is 17.6 Å². The molecule has 0 fully saturated rings. The summed E-state index contributed by atoms with van der Waals surface area (Å²) >= 11 is 11.7. The second-order valence-electron chi connectivity index (χ2n) is 3.76. The Morgan fingerprint density at radius 1 is 0.842 bits per heavy atom. The van der Waals surface area contributed by atoms with Crippen LogP contribution in [0.3, 0.4) is 0 Å². The second kappa shape index (κ2) is 5.02. The smallest absolute Gasteiger partial charge is 0.206 e. The molecule has 6 heteroatoms. The summed E-state index contributed by atoms with van der Waals surface area (Å²) in [5.74, 6) is -1.36. The normalized spacial score (nSPS) is 11.7. The monoisotopic (exact) mass is 308 g/mol. The third kappa shape index (κ3) is 2.69. The molecule has 0 amide bonds. The Bertz CT molecular complexity index is 600. The van der Waals surface area contributed by atoms with Gasteiger partial charge in [0.1, 0.15) is 5.82 Å². The molecule has 19 heavy (non-hydrogen) atoms. The maximum Gasteiger partial charge on any atom is 0.419 e. The number of hydrogen-bond donors (Lipinski definition) is 0. The van der Waals surface area contributed by atoms with Crippen molar-refractivity contribution in [3.05, 3.63) is 57.8 Å². The Labute approximate surface area is 116 Å². The van der Waals surface area contributed by atoms with Gasteiger partial charge in [-0.25, -0.2) is 4.39 Å². The van der Waals surface area contributed by atoms with Crippen molar-refractivity contribution in [3.8, 4) is 11.1 Å². The number of rotatable bonds is 1. The molecule has 2 rings (SSSR count). The third-order valence-corrected chi connectivity index (χ3v) is 3.16. The lowest BCUT2D eigenvalue weighted by Crippen LogP contribution is -2.10. The Morgan fingerprint density at radius 3 is 1.89 bits per heavy atom. The average Bonchev–Trinajstić information content (AvgIpc) is 2.26. The lowest BCUT2D eigenvalue weighted by molar-refractivity contribution is -0.139. The second-order valence-corrected chi connectivity index (χ2v) is 4.57. The zero-order valence-corrected chi connectivity index (χ0v) is 10.7. The maximum atomic E-state index is 13.5. The molecule has 0 aliphatic carbocycles. The fraction of sp³-hybridized carbons (Fsp3) is 0.0769. The predicted octanol–water partition coefficient (Wildman–Crippen LogP) is 5.82. The van der Waals surface area contributed by atoms with Crippen LogP contribution in [0.5, 0.6) is 0 Å². The highest BCUT2D eigenvalue weighted by Gasteiger charge is 2.37. The fourth-order valence-electron chi connectivity index (χ4n) is 1.78. The molecule has 100 valence electrons. The van der Waals surface area contributed by atoms with Gasteiger partial charge in [0.15, 0.2) is 0 Å². The largest absolute Gasteiger partial charge is 0.419 e. The number of alkyl halides is 3. The van der Waals surface area contributed by atoms with Gasteiger partial charge in [-0.1, -0.05) is 41.4 Å².